The van der Waals surface area contributed by atoms with Gasteiger partial charge in [0.1, 0.15) is 37.1 Å². The van der Waals surface area contributed by atoms with Gasteiger partial charge < -0.3 is 55.4 Å². The number of carbonyl (C=O) groups is 5. The zero-order valence-electron chi connectivity index (χ0n) is 25.4. The van der Waals surface area contributed by atoms with Crippen molar-refractivity contribution in [2.24, 2.45) is 5.73 Å². The molecule has 5 atom stereocenters. The molecule has 44 heavy (non-hydrogen) atoms. The lowest BCUT2D eigenvalue weighted by molar-refractivity contribution is -0.194. The van der Waals surface area contributed by atoms with E-state index < -0.39 is 72.1 Å². The van der Waals surface area contributed by atoms with Crippen molar-refractivity contribution in [1.82, 2.24) is 21.3 Å². The quantitative estimate of drug-likeness (QED) is 0.124. The van der Waals surface area contributed by atoms with Gasteiger partial charge in [-0.3, -0.25) is 9.59 Å². The fraction of sp³-hybridized carbons (Fsp3) is 0.607. The predicted octanol–water partition coefficient (Wildman–Crippen LogP) is 0.769. The molecule has 2 saturated heterocycles. The molecule has 244 valence electrons. The summed E-state index contributed by atoms with van der Waals surface area (Å²) in [5.74, 6) is -3.13. The lowest BCUT2D eigenvalue weighted by atomic mass is 10.1. The standard InChI is InChI=1S/C28H41N5O11/c1-27(2,3)44-26(38)32-18(21(29)34)22(35)33-23-20-19(42-28(4,5)43-20)17(41-23)15-40-25(37)31-13-9-12-30-24(36)39-14-16-10-7-6-8-11-16/h6-8,10-11,17-20,23H,9,12-15H2,1-5H3,(H2,29,34)(H,30,36)(H,31,37)(H,32,38)(H,33,35)/t17-,18?,19-,20-,23-/m1/s1. The van der Waals surface area contributed by atoms with Gasteiger partial charge in [0.05, 0.1) is 0 Å². The summed E-state index contributed by atoms with van der Waals surface area (Å²) < 4.78 is 33.1. The van der Waals surface area contributed by atoms with E-state index in [1.807, 2.05) is 30.3 Å². The van der Waals surface area contributed by atoms with E-state index in [2.05, 4.69) is 21.3 Å². The summed E-state index contributed by atoms with van der Waals surface area (Å²) in [7, 11) is 0. The number of primary amides is 1. The van der Waals surface area contributed by atoms with Crippen LogP contribution < -0.4 is 27.0 Å². The van der Waals surface area contributed by atoms with Crippen LogP contribution in [0.1, 0.15) is 46.6 Å². The Morgan fingerprint density at radius 3 is 2.16 bits per heavy atom. The summed E-state index contributed by atoms with van der Waals surface area (Å²) in [6.45, 7) is 8.54. The lowest BCUT2D eigenvalue weighted by Gasteiger charge is -2.26. The number of nitrogens with one attached hydrogen (secondary N) is 4. The molecule has 16 heteroatoms. The van der Waals surface area contributed by atoms with Gasteiger partial charge in [-0.2, -0.15) is 0 Å². The molecular formula is C28H41N5O11. The zero-order valence-corrected chi connectivity index (χ0v) is 25.4. The molecule has 5 amide bonds. The van der Waals surface area contributed by atoms with Crippen LogP contribution in [0.5, 0.6) is 0 Å². The number of hydrogen-bond donors (Lipinski definition) is 5. The highest BCUT2D eigenvalue weighted by molar-refractivity contribution is 6.05. The Bertz CT molecular complexity index is 1170. The Labute approximate surface area is 254 Å². The number of carbonyl (C=O) groups excluding carboxylic acids is 5. The molecule has 0 aliphatic carbocycles. The number of fused-ring (bicyclic) bond motifs is 1. The van der Waals surface area contributed by atoms with Crippen molar-refractivity contribution in [3.05, 3.63) is 35.9 Å². The molecule has 0 radical (unpaired) electrons. The number of nitrogens with two attached hydrogens (primary N) is 1. The third kappa shape index (κ3) is 10.8. The molecule has 2 fully saturated rings. The minimum atomic E-state index is -1.76. The second-order valence-corrected chi connectivity index (χ2v) is 11.5. The highest BCUT2D eigenvalue weighted by atomic mass is 16.8. The third-order valence-corrected chi connectivity index (χ3v) is 6.13. The molecule has 1 aromatic rings. The van der Waals surface area contributed by atoms with Gasteiger partial charge in [0.2, 0.25) is 5.91 Å². The fourth-order valence-corrected chi connectivity index (χ4v) is 4.30. The number of amides is 5. The van der Waals surface area contributed by atoms with Crippen molar-refractivity contribution < 1.29 is 52.4 Å². The summed E-state index contributed by atoms with van der Waals surface area (Å²) in [5.41, 5.74) is 5.32. The van der Waals surface area contributed by atoms with E-state index in [0.29, 0.717) is 6.42 Å². The number of alkyl carbamates (subject to hydrolysis) is 3. The van der Waals surface area contributed by atoms with Crippen molar-refractivity contribution in [2.45, 2.75) is 89.6 Å². The van der Waals surface area contributed by atoms with Crippen LogP contribution in [0.4, 0.5) is 14.4 Å². The normalized spacial score (nSPS) is 22.6. The lowest BCUT2D eigenvalue weighted by Crippen LogP contribution is -2.58. The Morgan fingerprint density at radius 2 is 1.55 bits per heavy atom. The van der Waals surface area contributed by atoms with Crippen molar-refractivity contribution in [3.63, 3.8) is 0 Å². The van der Waals surface area contributed by atoms with Crippen molar-refractivity contribution in [3.8, 4) is 0 Å². The molecule has 2 aliphatic heterocycles. The number of ether oxygens (including phenoxy) is 6. The summed E-state index contributed by atoms with van der Waals surface area (Å²) in [5, 5.41) is 9.79. The average molecular weight is 624 g/mol. The number of benzene rings is 1. The van der Waals surface area contributed by atoms with Gasteiger partial charge in [0.15, 0.2) is 18.1 Å². The summed E-state index contributed by atoms with van der Waals surface area (Å²) in [4.78, 5) is 61.0. The van der Waals surface area contributed by atoms with Crippen LogP contribution in [0.25, 0.3) is 0 Å². The molecule has 0 saturated carbocycles. The fourth-order valence-electron chi connectivity index (χ4n) is 4.30. The number of hydrogen-bond acceptors (Lipinski definition) is 11. The summed E-state index contributed by atoms with van der Waals surface area (Å²) in [6.07, 6.45) is -5.44. The molecule has 2 aliphatic rings. The van der Waals surface area contributed by atoms with Gasteiger partial charge >= 0.3 is 18.3 Å². The Balaban J connectivity index is 1.42. The van der Waals surface area contributed by atoms with Gasteiger partial charge in [0, 0.05) is 13.1 Å². The highest BCUT2D eigenvalue weighted by Crippen LogP contribution is 2.38. The molecular weight excluding hydrogens is 582 g/mol. The SMILES string of the molecule is CC(C)(C)OC(=O)NC(C(N)=O)C(=O)N[C@@H]1O[C@H](COC(=O)NCCCNC(=O)OCc2ccccc2)[C@H]2OC(C)(C)O[C@H]21. The minimum absolute atomic E-state index is 0.146. The van der Waals surface area contributed by atoms with E-state index in [1.54, 1.807) is 34.6 Å². The molecule has 0 spiro atoms. The van der Waals surface area contributed by atoms with Gasteiger partial charge in [-0.15, -0.1) is 0 Å². The van der Waals surface area contributed by atoms with E-state index in [-0.39, 0.29) is 26.3 Å². The second kappa shape index (κ2) is 15.0. The van der Waals surface area contributed by atoms with Crippen LogP contribution in [-0.4, -0.2) is 91.8 Å². The van der Waals surface area contributed by atoms with Crippen LogP contribution in [0.3, 0.4) is 0 Å². The first-order valence-corrected chi connectivity index (χ1v) is 14.1. The van der Waals surface area contributed by atoms with Gasteiger partial charge in [0.25, 0.3) is 5.91 Å². The molecule has 1 unspecified atom stereocenters. The monoisotopic (exact) mass is 623 g/mol. The van der Waals surface area contributed by atoms with Crippen LogP contribution in [0.15, 0.2) is 30.3 Å². The first kappa shape index (κ1) is 34.3. The Morgan fingerprint density at radius 1 is 0.932 bits per heavy atom. The number of rotatable bonds is 12. The van der Waals surface area contributed by atoms with E-state index in [0.717, 1.165) is 5.56 Å². The smallest absolute Gasteiger partial charge is 0.408 e. The van der Waals surface area contributed by atoms with Crippen LogP contribution in [0, 0.1) is 0 Å². The topological polar surface area (TPSA) is 215 Å². The average Bonchev–Trinajstić information content (AvgIpc) is 3.41. The van der Waals surface area contributed by atoms with Crippen molar-refractivity contribution in [1.29, 1.82) is 0 Å². The third-order valence-electron chi connectivity index (χ3n) is 6.13. The van der Waals surface area contributed by atoms with E-state index in [1.165, 1.54) is 0 Å². The van der Waals surface area contributed by atoms with Crippen molar-refractivity contribution in [2.75, 3.05) is 19.7 Å². The van der Waals surface area contributed by atoms with Gasteiger partial charge in [-0.1, -0.05) is 30.3 Å². The minimum Gasteiger partial charge on any atom is -0.447 e. The van der Waals surface area contributed by atoms with Gasteiger partial charge in [-0.05, 0) is 46.6 Å². The Hall–Kier alpha value is -4.15. The van der Waals surface area contributed by atoms with Crippen LogP contribution in [-0.2, 0) is 44.6 Å². The highest BCUT2D eigenvalue weighted by Gasteiger charge is 2.56. The molecule has 3 rings (SSSR count). The maximum absolute atomic E-state index is 12.9. The summed E-state index contributed by atoms with van der Waals surface area (Å²) in [6, 6.07) is 7.48. The van der Waals surface area contributed by atoms with Gasteiger partial charge in [-0.25, -0.2) is 14.4 Å². The van der Waals surface area contributed by atoms with Crippen molar-refractivity contribution >= 4 is 30.1 Å². The molecule has 0 aromatic heterocycles. The van der Waals surface area contributed by atoms with E-state index in [9.17, 15) is 24.0 Å². The largest absolute Gasteiger partial charge is 0.447 e. The molecule has 2 heterocycles. The summed E-state index contributed by atoms with van der Waals surface area (Å²) >= 11 is 0. The van der Waals surface area contributed by atoms with E-state index >= 15 is 0 Å². The maximum atomic E-state index is 12.9. The van der Waals surface area contributed by atoms with Crippen LogP contribution in [0.2, 0.25) is 0 Å². The maximum Gasteiger partial charge on any atom is 0.408 e. The second-order valence-electron chi connectivity index (χ2n) is 11.5. The van der Waals surface area contributed by atoms with Crippen LogP contribution >= 0.6 is 0 Å². The first-order chi connectivity index (χ1) is 20.6. The first-order valence-electron chi connectivity index (χ1n) is 14.1. The zero-order chi connectivity index (χ0) is 32.5. The molecule has 0 bridgehead atoms. The Kier molecular flexibility index (Phi) is 11.7. The molecule has 16 nitrogen and oxygen atoms in total. The molecule has 1 aromatic carbocycles. The van der Waals surface area contributed by atoms with E-state index in [4.69, 9.17) is 34.2 Å². The molecule has 6 N–H and O–H groups in total. The predicted molar refractivity (Wildman–Crippen MR) is 152 cm³/mol.